The Labute approximate surface area is 161 Å². The predicted molar refractivity (Wildman–Crippen MR) is 103 cm³/mol. The monoisotopic (exact) mass is 384 g/mol. The van der Waals surface area contributed by atoms with E-state index in [1.165, 1.54) is 24.3 Å². The average molecular weight is 384 g/mol. The van der Waals surface area contributed by atoms with E-state index in [0.29, 0.717) is 29.4 Å². The van der Waals surface area contributed by atoms with Crippen LogP contribution >= 0.6 is 0 Å². The van der Waals surface area contributed by atoms with Crippen LogP contribution in [0.3, 0.4) is 0 Å². The number of nitro benzene ring substituents is 1. The normalized spacial score (nSPS) is 11.8. The molecule has 0 saturated carbocycles. The van der Waals surface area contributed by atoms with Crippen molar-refractivity contribution in [3.63, 3.8) is 0 Å². The standard InChI is InChI=1S/C20H20N2O6/c1-3-26-17-6-4-5-14-11-18(28-20(14)17)13(2)21-19(23)12-27-16-9-7-15(8-10-16)22(24)25/h4-11,13H,3,12H2,1-2H3,(H,21,23). The molecule has 28 heavy (non-hydrogen) atoms. The van der Waals surface area contributed by atoms with Gasteiger partial charge in [-0.3, -0.25) is 14.9 Å². The molecule has 1 amide bonds. The topological polar surface area (TPSA) is 104 Å². The molecule has 0 saturated heterocycles. The summed E-state index contributed by atoms with van der Waals surface area (Å²) in [5, 5.41) is 14.3. The van der Waals surface area contributed by atoms with Crippen molar-refractivity contribution in [2.45, 2.75) is 19.9 Å². The lowest BCUT2D eigenvalue weighted by Crippen LogP contribution is -2.31. The van der Waals surface area contributed by atoms with Crippen LogP contribution in [0.15, 0.2) is 52.9 Å². The molecule has 8 nitrogen and oxygen atoms in total. The summed E-state index contributed by atoms with van der Waals surface area (Å²) in [6.07, 6.45) is 0. The lowest BCUT2D eigenvalue weighted by molar-refractivity contribution is -0.384. The highest BCUT2D eigenvalue weighted by atomic mass is 16.6. The first kappa shape index (κ1) is 19.2. The highest BCUT2D eigenvalue weighted by Crippen LogP contribution is 2.31. The minimum absolute atomic E-state index is 0.0401. The van der Waals surface area contributed by atoms with Crippen molar-refractivity contribution in [2.75, 3.05) is 13.2 Å². The Hall–Kier alpha value is -3.55. The molecule has 2 aromatic carbocycles. The van der Waals surface area contributed by atoms with E-state index in [2.05, 4.69) is 5.32 Å². The molecule has 1 heterocycles. The van der Waals surface area contributed by atoms with Gasteiger partial charge in [-0.15, -0.1) is 0 Å². The van der Waals surface area contributed by atoms with Crippen molar-refractivity contribution in [3.05, 3.63) is 64.4 Å². The number of rotatable bonds is 8. The molecule has 8 heteroatoms. The Morgan fingerprint density at radius 2 is 1.96 bits per heavy atom. The summed E-state index contributed by atoms with van der Waals surface area (Å²) in [4.78, 5) is 22.3. The molecule has 0 aliphatic rings. The lowest BCUT2D eigenvalue weighted by Gasteiger charge is -2.12. The molecule has 0 aliphatic heterocycles. The number of para-hydroxylation sites is 1. The van der Waals surface area contributed by atoms with Gasteiger partial charge < -0.3 is 19.2 Å². The lowest BCUT2D eigenvalue weighted by atomic mass is 10.2. The first-order valence-electron chi connectivity index (χ1n) is 8.79. The zero-order chi connectivity index (χ0) is 20.1. The summed E-state index contributed by atoms with van der Waals surface area (Å²) in [6.45, 7) is 4.02. The van der Waals surface area contributed by atoms with E-state index < -0.39 is 4.92 Å². The summed E-state index contributed by atoms with van der Waals surface area (Å²) >= 11 is 0. The number of non-ortho nitro benzene ring substituents is 1. The van der Waals surface area contributed by atoms with E-state index in [1.54, 1.807) is 0 Å². The smallest absolute Gasteiger partial charge is 0.269 e. The number of hydrogen-bond acceptors (Lipinski definition) is 6. The first-order chi connectivity index (χ1) is 13.5. The highest BCUT2D eigenvalue weighted by Gasteiger charge is 2.16. The summed E-state index contributed by atoms with van der Waals surface area (Å²) in [5.74, 6) is 1.30. The van der Waals surface area contributed by atoms with Gasteiger partial charge in [0.15, 0.2) is 17.9 Å². The van der Waals surface area contributed by atoms with Crippen LogP contribution in [0.25, 0.3) is 11.0 Å². The van der Waals surface area contributed by atoms with E-state index in [4.69, 9.17) is 13.9 Å². The molecule has 0 fully saturated rings. The Bertz CT molecular complexity index is 980. The van der Waals surface area contributed by atoms with Gasteiger partial charge in [-0.1, -0.05) is 12.1 Å². The van der Waals surface area contributed by atoms with Crippen molar-refractivity contribution in [3.8, 4) is 11.5 Å². The van der Waals surface area contributed by atoms with Crippen LogP contribution < -0.4 is 14.8 Å². The highest BCUT2D eigenvalue weighted by molar-refractivity contribution is 5.84. The zero-order valence-corrected chi connectivity index (χ0v) is 15.5. The second-order valence-corrected chi connectivity index (χ2v) is 6.09. The fourth-order valence-electron chi connectivity index (χ4n) is 2.71. The van der Waals surface area contributed by atoms with Crippen LogP contribution in [0.5, 0.6) is 11.5 Å². The molecule has 1 N–H and O–H groups in total. The number of nitrogens with zero attached hydrogens (tertiary/aromatic N) is 1. The van der Waals surface area contributed by atoms with E-state index in [-0.39, 0.29) is 24.2 Å². The van der Waals surface area contributed by atoms with E-state index >= 15 is 0 Å². The van der Waals surface area contributed by atoms with Gasteiger partial charge in [0.2, 0.25) is 0 Å². The van der Waals surface area contributed by atoms with Crippen molar-refractivity contribution in [1.29, 1.82) is 0 Å². The number of hydrogen-bond donors (Lipinski definition) is 1. The Morgan fingerprint density at radius 3 is 2.64 bits per heavy atom. The van der Waals surface area contributed by atoms with Gasteiger partial charge in [0.25, 0.3) is 11.6 Å². The van der Waals surface area contributed by atoms with E-state index in [1.807, 2.05) is 38.1 Å². The third-order valence-corrected chi connectivity index (χ3v) is 4.05. The molecule has 0 radical (unpaired) electrons. The van der Waals surface area contributed by atoms with Crippen LogP contribution in [0, 0.1) is 10.1 Å². The molecule has 0 aliphatic carbocycles. The maximum Gasteiger partial charge on any atom is 0.269 e. The molecule has 3 rings (SSSR count). The van der Waals surface area contributed by atoms with Gasteiger partial charge in [-0.05, 0) is 38.1 Å². The fourth-order valence-corrected chi connectivity index (χ4v) is 2.71. The van der Waals surface area contributed by atoms with Crippen molar-refractivity contribution >= 4 is 22.6 Å². The molecular weight excluding hydrogens is 364 g/mol. The number of nitro groups is 1. The molecule has 0 spiro atoms. The van der Waals surface area contributed by atoms with Gasteiger partial charge in [0.1, 0.15) is 11.5 Å². The van der Waals surface area contributed by atoms with Crippen molar-refractivity contribution in [1.82, 2.24) is 5.32 Å². The largest absolute Gasteiger partial charge is 0.490 e. The quantitative estimate of drug-likeness (QED) is 0.465. The second-order valence-electron chi connectivity index (χ2n) is 6.09. The minimum Gasteiger partial charge on any atom is -0.490 e. The maximum atomic E-state index is 12.1. The number of furan rings is 1. The van der Waals surface area contributed by atoms with E-state index in [9.17, 15) is 14.9 Å². The molecule has 3 aromatic rings. The Morgan fingerprint density at radius 1 is 1.21 bits per heavy atom. The van der Waals surface area contributed by atoms with Crippen LogP contribution in [0.2, 0.25) is 0 Å². The van der Waals surface area contributed by atoms with Gasteiger partial charge >= 0.3 is 0 Å². The molecule has 0 bridgehead atoms. The Kier molecular flexibility index (Phi) is 5.78. The Balaban J connectivity index is 1.60. The van der Waals surface area contributed by atoms with Crippen LogP contribution in [0.4, 0.5) is 5.69 Å². The number of fused-ring (bicyclic) bond motifs is 1. The number of amides is 1. The number of carbonyl (C=O) groups excluding carboxylic acids is 1. The number of benzene rings is 2. The zero-order valence-electron chi connectivity index (χ0n) is 15.5. The summed E-state index contributed by atoms with van der Waals surface area (Å²) in [7, 11) is 0. The number of carbonyl (C=O) groups is 1. The molecule has 1 atom stereocenters. The van der Waals surface area contributed by atoms with E-state index in [0.717, 1.165) is 5.39 Å². The first-order valence-corrected chi connectivity index (χ1v) is 8.79. The summed E-state index contributed by atoms with van der Waals surface area (Å²) < 4.78 is 16.8. The summed E-state index contributed by atoms with van der Waals surface area (Å²) in [6, 6.07) is 12.7. The fraction of sp³-hybridized carbons (Fsp3) is 0.250. The van der Waals surface area contributed by atoms with Gasteiger partial charge in [0.05, 0.1) is 17.6 Å². The molecule has 1 aromatic heterocycles. The number of nitrogens with one attached hydrogen (secondary N) is 1. The predicted octanol–water partition coefficient (Wildman–Crippen LogP) is 4.00. The molecule has 146 valence electrons. The maximum absolute atomic E-state index is 12.1. The molecular formula is C20H20N2O6. The minimum atomic E-state index is -0.498. The third-order valence-electron chi connectivity index (χ3n) is 4.05. The number of ether oxygens (including phenoxy) is 2. The van der Waals surface area contributed by atoms with Gasteiger partial charge in [0, 0.05) is 17.5 Å². The third kappa shape index (κ3) is 4.40. The SMILES string of the molecule is CCOc1cccc2cc(C(C)NC(=O)COc3ccc([N+](=O)[O-])cc3)oc12. The second kappa shape index (κ2) is 8.43. The van der Waals surface area contributed by atoms with Crippen molar-refractivity contribution in [2.24, 2.45) is 0 Å². The summed E-state index contributed by atoms with van der Waals surface area (Å²) in [5.41, 5.74) is 0.601. The van der Waals surface area contributed by atoms with Crippen LogP contribution in [-0.4, -0.2) is 24.0 Å². The van der Waals surface area contributed by atoms with Crippen LogP contribution in [0.1, 0.15) is 25.6 Å². The van der Waals surface area contributed by atoms with Crippen molar-refractivity contribution < 1.29 is 23.6 Å². The average Bonchev–Trinajstić information content (AvgIpc) is 3.12. The molecule has 1 unspecified atom stereocenters. The van der Waals surface area contributed by atoms with Gasteiger partial charge in [-0.2, -0.15) is 0 Å². The van der Waals surface area contributed by atoms with Gasteiger partial charge in [-0.25, -0.2) is 0 Å². The van der Waals surface area contributed by atoms with Crippen LogP contribution in [-0.2, 0) is 4.79 Å².